The van der Waals surface area contributed by atoms with E-state index in [9.17, 15) is 31.2 Å². The number of carbonyl (C=O) groups excluding carboxylic acids is 3. The molecule has 2 aliphatic heterocycles. The molecule has 0 spiro atoms. The van der Waals surface area contributed by atoms with Crippen LogP contribution < -0.4 is 19.0 Å². The van der Waals surface area contributed by atoms with Gasteiger partial charge in [0, 0.05) is 38.7 Å². The second-order valence-corrected chi connectivity index (χ2v) is 14.0. The number of carbonyl (C=O) groups is 3. The molecule has 250 valence electrons. The molecule has 3 aromatic rings. The number of ether oxygens (including phenoxy) is 3. The van der Waals surface area contributed by atoms with E-state index >= 15 is 0 Å². The minimum atomic E-state index is -4.63. The summed E-state index contributed by atoms with van der Waals surface area (Å²) < 4.78 is 77.1. The van der Waals surface area contributed by atoms with E-state index in [2.05, 4.69) is 5.32 Å². The summed E-state index contributed by atoms with van der Waals surface area (Å²) in [4.78, 5) is 36.4. The maximum absolute atomic E-state index is 13.6. The van der Waals surface area contributed by atoms with Crippen LogP contribution in [0.2, 0.25) is 0 Å². The molecule has 14 nitrogen and oxygen atoms in total. The maximum atomic E-state index is 13.6. The van der Waals surface area contributed by atoms with Gasteiger partial charge in [-0.3, -0.25) is 14.9 Å². The third-order valence-corrected chi connectivity index (χ3v) is 10.7. The van der Waals surface area contributed by atoms with Crippen LogP contribution >= 0.6 is 0 Å². The van der Waals surface area contributed by atoms with E-state index in [1.54, 1.807) is 32.0 Å². The molecule has 3 amide bonds. The van der Waals surface area contributed by atoms with Crippen LogP contribution in [0.4, 0.5) is 4.79 Å². The molecule has 0 atom stereocenters. The zero-order chi connectivity index (χ0) is 33.8. The molecule has 1 saturated heterocycles. The molecule has 0 saturated carbocycles. The number of hydrogen-bond donors (Lipinski definition) is 1. The van der Waals surface area contributed by atoms with Gasteiger partial charge >= 0.3 is 16.2 Å². The monoisotopic (exact) mass is 687 g/mol. The molecule has 3 aromatic carbocycles. The number of benzene rings is 3. The molecule has 0 unspecified atom stereocenters. The Labute approximate surface area is 272 Å². The number of aryl methyl sites for hydroxylation is 1. The minimum absolute atomic E-state index is 0.0391. The molecule has 5 rings (SSSR count). The third-order valence-electron chi connectivity index (χ3n) is 7.27. The maximum Gasteiger partial charge on any atom is 0.409 e. The molecule has 0 aromatic heterocycles. The normalized spacial score (nSPS) is 15.1. The largest absolute Gasteiger partial charge is 0.493 e. The number of amides is 3. The fourth-order valence-electron chi connectivity index (χ4n) is 5.09. The second-order valence-electron chi connectivity index (χ2n) is 10.6. The zero-order valence-electron chi connectivity index (χ0n) is 25.6. The molecular formula is C31H33N3O11S2. The highest BCUT2D eigenvalue weighted by Gasteiger charge is 2.35. The first-order valence-electron chi connectivity index (χ1n) is 14.7. The Hall–Kier alpha value is -4.67. The lowest BCUT2D eigenvalue weighted by molar-refractivity contribution is 0.0876. The predicted octanol–water partition coefficient (Wildman–Crippen LogP) is 2.96. The number of nitrogens with zero attached hydrogens (tertiary/aromatic N) is 2. The van der Waals surface area contributed by atoms with Gasteiger partial charge in [-0.1, -0.05) is 18.2 Å². The SMILES string of the molecule is CCOC(=O)N1CCN(S(=O)(=O)c2ccccc2S(=O)(=O)Oc2cc(C)cc(OCCCOc3cccc4c3C(=O)NC4=O)c2)CC1. The van der Waals surface area contributed by atoms with Crippen molar-refractivity contribution in [3.05, 3.63) is 77.4 Å². The summed E-state index contributed by atoms with van der Waals surface area (Å²) in [7, 11) is -8.90. The lowest BCUT2D eigenvalue weighted by Crippen LogP contribution is -2.50. The zero-order valence-corrected chi connectivity index (χ0v) is 27.3. The summed E-state index contributed by atoms with van der Waals surface area (Å²) in [5.41, 5.74) is 1.06. The number of rotatable bonds is 12. The van der Waals surface area contributed by atoms with E-state index in [0.717, 1.165) is 10.4 Å². The molecule has 1 N–H and O–H groups in total. The summed E-state index contributed by atoms with van der Waals surface area (Å²) in [5.74, 6) is -0.492. The molecule has 0 radical (unpaired) electrons. The molecular weight excluding hydrogens is 654 g/mol. The lowest BCUT2D eigenvalue weighted by Gasteiger charge is -2.33. The number of sulfonamides is 1. The standard InChI is InChI=1S/C31H33N3O11S2/c1-3-42-31(37)33-12-14-34(15-13-33)46(38,39)26-10-4-5-11-27(26)47(40,41)45-23-19-21(2)18-22(20-23)43-16-7-17-44-25-9-6-8-24-28(25)30(36)32-29(24)35/h4-6,8-11,18-20H,3,7,12-17H2,1-2H3,(H,32,35,36). The summed E-state index contributed by atoms with van der Waals surface area (Å²) in [6, 6.07) is 14.4. The van der Waals surface area contributed by atoms with Crippen LogP contribution in [0.15, 0.2) is 70.5 Å². The number of hydrogen-bond acceptors (Lipinski definition) is 11. The first kappa shape index (κ1) is 33.7. The summed E-state index contributed by atoms with van der Waals surface area (Å²) in [6.07, 6.45) is -0.152. The topological polar surface area (TPSA) is 175 Å². The van der Waals surface area contributed by atoms with Crippen LogP contribution in [0.25, 0.3) is 0 Å². The van der Waals surface area contributed by atoms with Crippen molar-refractivity contribution in [3.8, 4) is 17.2 Å². The van der Waals surface area contributed by atoms with E-state index in [4.69, 9.17) is 18.4 Å². The highest BCUT2D eigenvalue weighted by molar-refractivity contribution is 7.91. The quantitative estimate of drug-likeness (QED) is 0.168. The molecule has 0 aliphatic carbocycles. The van der Waals surface area contributed by atoms with Crippen molar-refractivity contribution in [2.24, 2.45) is 0 Å². The predicted molar refractivity (Wildman–Crippen MR) is 167 cm³/mol. The first-order valence-corrected chi connectivity index (χ1v) is 17.6. The minimum Gasteiger partial charge on any atom is -0.493 e. The van der Waals surface area contributed by atoms with E-state index in [0.29, 0.717) is 17.7 Å². The van der Waals surface area contributed by atoms with Gasteiger partial charge in [0.2, 0.25) is 10.0 Å². The van der Waals surface area contributed by atoms with Crippen molar-refractivity contribution >= 4 is 38.0 Å². The smallest absolute Gasteiger partial charge is 0.409 e. The fourth-order valence-corrected chi connectivity index (χ4v) is 8.21. The Balaban J connectivity index is 1.22. The van der Waals surface area contributed by atoms with Crippen molar-refractivity contribution in [1.82, 2.24) is 14.5 Å². The second kappa shape index (κ2) is 14.0. The van der Waals surface area contributed by atoms with Gasteiger partial charge in [0.05, 0.1) is 30.9 Å². The van der Waals surface area contributed by atoms with E-state index in [-0.39, 0.29) is 68.6 Å². The van der Waals surface area contributed by atoms with Gasteiger partial charge in [0.15, 0.2) is 0 Å². The van der Waals surface area contributed by atoms with Crippen LogP contribution in [0, 0.1) is 6.92 Å². The van der Waals surface area contributed by atoms with Crippen molar-refractivity contribution in [2.75, 3.05) is 46.0 Å². The van der Waals surface area contributed by atoms with Gasteiger partial charge in [0.25, 0.3) is 11.8 Å². The van der Waals surface area contributed by atoms with Crippen molar-refractivity contribution < 1.29 is 49.6 Å². The average Bonchev–Trinajstić information content (AvgIpc) is 3.34. The van der Waals surface area contributed by atoms with Crippen molar-refractivity contribution in [1.29, 1.82) is 0 Å². The van der Waals surface area contributed by atoms with Gasteiger partial charge in [-0.15, -0.1) is 0 Å². The summed E-state index contributed by atoms with van der Waals surface area (Å²) >= 11 is 0. The van der Waals surface area contributed by atoms with E-state index < -0.39 is 47.8 Å². The van der Waals surface area contributed by atoms with Crippen LogP contribution in [0.1, 0.15) is 39.6 Å². The first-order chi connectivity index (χ1) is 22.4. The van der Waals surface area contributed by atoms with Crippen molar-refractivity contribution in [3.63, 3.8) is 0 Å². The average molecular weight is 688 g/mol. The molecule has 47 heavy (non-hydrogen) atoms. The van der Waals surface area contributed by atoms with Crippen LogP contribution in [-0.4, -0.2) is 89.9 Å². The van der Waals surface area contributed by atoms with E-state index in [1.807, 2.05) is 0 Å². The number of fused-ring (bicyclic) bond motifs is 1. The fraction of sp³-hybridized carbons (Fsp3) is 0.323. The Morgan fingerprint density at radius 3 is 2.23 bits per heavy atom. The van der Waals surface area contributed by atoms with Crippen LogP contribution in [-0.2, 0) is 24.9 Å². The molecule has 2 heterocycles. The molecule has 0 bridgehead atoms. The summed E-state index contributed by atoms with van der Waals surface area (Å²) in [6.45, 7) is 4.02. The number of imide groups is 1. The Kier molecular flexibility index (Phi) is 10.0. The van der Waals surface area contributed by atoms with Crippen LogP contribution in [0.3, 0.4) is 0 Å². The number of piperazine rings is 1. The van der Waals surface area contributed by atoms with Gasteiger partial charge in [-0.2, -0.15) is 12.7 Å². The number of nitrogens with one attached hydrogen (secondary N) is 1. The van der Waals surface area contributed by atoms with Crippen LogP contribution in [0.5, 0.6) is 17.2 Å². The van der Waals surface area contributed by atoms with Gasteiger partial charge in [-0.05, 0) is 55.8 Å². The molecule has 1 fully saturated rings. The lowest BCUT2D eigenvalue weighted by atomic mass is 10.1. The summed E-state index contributed by atoms with van der Waals surface area (Å²) in [5, 5.41) is 2.23. The third kappa shape index (κ3) is 7.50. The Morgan fingerprint density at radius 1 is 0.830 bits per heavy atom. The van der Waals surface area contributed by atoms with Gasteiger partial charge in [0.1, 0.15) is 27.0 Å². The molecule has 16 heteroatoms. The highest BCUT2D eigenvalue weighted by Crippen LogP contribution is 2.30. The van der Waals surface area contributed by atoms with Crippen molar-refractivity contribution in [2.45, 2.75) is 30.1 Å². The van der Waals surface area contributed by atoms with Gasteiger partial charge < -0.3 is 23.3 Å². The Bertz CT molecular complexity index is 1910. The molecule has 2 aliphatic rings. The van der Waals surface area contributed by atoms with E-state index in [1.165, 1.54) is 41.3 Å². The highest BCUT2D eigenvalue weighted by atomic mass is 32.2. The van der Waals surface area contributed by atoms with Gasteiger partial charge in [-0.25, -0.2) is 13.2 Å². The Morgan fingerprint density at radius 2 is 1.51 bits per heavy atom.